The molecular weight excluding hydrogens is 444 g/mol. The van der Waals surface area contributed by atoms with E-state index in [1.54, 1.807) is 4.90 Å². The van der Waals surface area contributed by atoms with Gasteiger partial charge in [0, 0.05) is 31.2 Å². The van der Waals surface area contributed by atoms with Crippen LogP contribution in [-0.2, 0) is 27.2 Å². The lowest BCUT2D eigenvalue weighted by Gasteiger charge is -2.32. The largest absolute Gasteiger partial charge is 0.469 e. The van der Waals surface area contributed by atoms with Crippen LogP contribution < -0.4 is 11.6 Å². The van der Waals surface area contributed by atoms with Gasteiger partial charge in [0.15, 0.2) is 0 Å². The van der Waals surface area contributed by atoms with Gasteiger partial charge in [-0.25, -0.2) is 10.6 Å². The summed E-state index contributed by atoms with van der Waals surface area (Å²) in [6.45, 7) is 14.9. The molecule has 0 fully saturated rings. The summed E-state index contributed by atoms with van der Waals surface area (Å²) in [4.78, 5) is 26.6. The molecular formula is C27H40N4O4. The summed E-state index contributed by atoms with van der Waals surface area (Å²) in [7, 11) is 1.38. The molecule has 1 aromatic rings. The summed E-state index contributed by atoms with van der Waals surface area (Å²) in [5, 5.41) is 1.52. The Morgan fingerprint density at radius 3 is 2.51 bits per heavy atom. The summed E-state index contributed by atoms with van der Waals surface area (Å²) in [6, 6.07) is 6.20. The number of esters is 1. The van der Waals surface area contributed by atoms with Gasteiger partial charge in [-0.15, -0.1) is 0 Å². The summed E-state index contributed by atoms with van der Waals surface area (Å²) in [5.74, 6) is 5.49. The number of methoxy groups -OCH3 is 1. The van der Waals surface area contributed by atoms with Crippen molar-refractivity contribution in [1.82, 2.24) is 9.91 Å². The Bertz CT molecular complexity index is 1010. The highest BCUT2D eigenvalue weighted by atomic mass is 16.6. The van der Waals surface area contributed by atoms with Gasteiger partial charge >= 0.3 is 12.1 Å². The smallest absolute Gasteiger partial charge is 0.410 e. The van der Waals surface area contributed by atoms with Crippen molar-refractivity contribution in [2.75, 3.05) is 20.2 Å². The SMILES string of the molecule is C=C(N)/C(=C\C=C(/C)C(CC(=O)OC)c1ccc2c(c1)CN(C(=O)OC(C)(C)C)CC2)N(N)CC. The van der Waals surface area contributed by atoms with Crippen LogP contribution in [0, 0.1) is 0 Å². The first-order valence-electron chi connectivity index (χ1n) is 11.9. The van der Waals surface area contributed by atoms with Gasteiger partial charge in [-0.3, -0.25) is 4.79 Å². The highest BCUT2D eigenvalue weighted by molar-refractivity contribution is 5.71. The fourth-order valence-electron chi connectivity index (χ4n) is 3.95. The van der Waals surface area contributed by atoms with Crippen LogP contribution in [-0.4, -0.2) is 47.8 Å². The van der Waals surface area contributed by atoms with Crippen molar-refractivity contribution in [2.45, 2.75) is 65.5 Å². The molecule has 8 nitrogen and oxygen atoms in total. The zero-order chi connectivity index (χ0) is 26.3. The second-order valence-electron chi connectivity index (χ2n) is 9.79. The molecule has 1 atom stereocenters. The number of hydrogen-bond acceptors (Lipinski definition) is 7. The minimum absolute atomic E-state index is 0.181. The van der Waals surface area contributed by atoms with Gasteiger partial charge in [0.05, 0.1) is 19.2 Å². The molecule has 0 aliphatic carbocycles. The lowest BCUT2D eigenvalue weighted by atomic mass is 9.85. The molecule has 1 amide bonds. The zero-order valence-corrected chi connectivity index (χ0v) is 21.9. The Hall–Kier alpha value is -3.26. The van der Waals surface area contributed by atoms with Gasteiger partial charge in [-0.05, 0) is 63.8 Å². The molecule has 2 rings (SSSR count). The number of benzene rings is 1. The minimum Gasteiger partial charge on any atom is -0.469 e. The highest BCUT2D eigenvalue weighted by Crippen LogP contribution is 2.32. The first-order valence-corrected chi connectivity index (χ1v) is 11.9. The number of amides is 1. The number of fused-ring (bicyclic) bond motifs is 1. The predicted molar refractivity (Wildman–Crippen MR) is 138 cm³/mol. The fourth-order valence-corrected chi connectivity index (χ4v) is 3.95. The van der Waals surface area contributed by atoms with Crippen LogP contribution in [0.4, 0.5) is 4.79 Å². The van der Waals surface area contributed by atoms with Crippen LogP contribution in [0.1, 0.15) is 63.6 Å². The number of ether oxygens (including phenoxy) is 2. The number of carbonyl (C=O) groups excluding carboxylic acids is 2. The maximum absolute atomic E-state index is 12.6. The number of hydrazine groups is 1. The normalized spacial score (nSPS) is 15.2. The summed E-state index contributed by atoms with van der Waals surface area (Å²) >= 11 is 0. The highest BCUT2D eigenvalue weighted by Gasteiger charge is 2.27. The first kappa shape index (κ1) is 28.0. The van der Waals surface area contributed by atoms with E-state index >= 15 is 0 Å². The maximum atomic E-state index is 12.6. The molecule has 0 spiro atoms. The lowest BCUT2D eigenvalue weighted by molar-refractivity contribution is -0.140. The van der Waals surface area contributed by atoms with Crippen molar-refractivity contribution in [3.63, 3.8) is 0 Å². The fraction of sp³-hybridized carbons (Fsp3) is 0.481. The molecule has 0 bridgehead atoms. The van der Waals surface area contributed by atoms with Gasteiger partial charge in [0.1, 0.15) is 5.60 Å². The number of carbonyl (C=O) groups is 2. The molecule has 1 heterocycles. The van der Waals surface area contributed by atoms with E-state index in [1.807, 2.05) is 52.8 Å². The monoisotopic (exact) mass is 484 g/mol. The molecule has 1 aliphatic heterocycles. The maximum Gasteiger partial charge on any atom is 0.410 e. The van der Waals surface area contributed by atoms with Gasteiger partial charge in [-0.2, -0.15) is 0 Å². The van der Waals surface area contributed by atoms with E-state index in [0.29, 0.717) is 31.0 Å². The van der Waals surface area contributed by atoms with Crippen molar-refractivity contribution in [3.05, 3.63) is 70.6 Å². The molecule has 1 aliphatic rings. The topological polar surface area (TPSA) is 111 Å². The van der Waals surface area contributed by atoms with E-state index < -0.39 is 5.60 Å². The standard InChI is InChI=1S/C27H40N4O4/c1-8-31(29)24(19(3)28)12-9-18(2)23(16-25(32)34-7)21-11-10-20-13-14-30(17-22(20)15-21)26(33)35-27(4,5)6/h9-12,15,23H,3,8,13-14,16-17,28-29H2,1-2,4-7H3/b18-9+,24-12+. The molecule has 8 heteroatoms. The molecule has 35 heavy (non-hydrogen) atoms. The van der Waals surface area contributed by atoms with E-state index in [9.17, 15) is 9.59 Å². The van der Waals surface area contributed by atoms with Crippen LogP contribution in [0.25, 0.3) is 0 Å². The Morgan fingerprint density at radius 1 is 1.26 bits per heavy atom. The molecule has 1 unspecified atom stereocenters. The van der Waals surface area contributed by atoms with Crippen LogP contribution in [0.5, 0.6) is 0 Å². The van der Waals surface area contributed by atoms with Crippen molar-refractivity contribution >= 4 is 12.1 Å². The molecule has 1 aromatic carbocycles. The third-order valence-corrected chi connectivity index (χ3v) is 5.93. The Kier molecular flexibility index (Phi) is 9.54. The average Bonchev–Trinajstić information content (AvgIpc) is 2.79. The summed E-state index contributed by atoms with van der Waals surface area (Å²) in [5.41, 5.74) is 10.5. The van der Waals surface area contributed by atoms with Gasteiger partial charge in [-0.1, -0.05) is 36.4 Å². The molecule has 0 radical (unpaired) electrons. The number of allylic oxidation sites excluding steroid dienone is 3. The predicted octanol–water partition coefficient (Wildman–Crippen LogP) is 4.12. The number of nitrogens with zero attached hydrogens (tertiary/aromatic N) is 2. The lowest BCUT2D eigenvalue weighted by Crippen LogP contribution is -2.39. The van der Waals surface area contributed by atoms with Crippen molar-refractivity contribution in [2.24, 2.45) is 11.6 Å². The number of nitrogens with two attached hydrogens (primary N) is 2. The third-order valence-electron chi connectivity index (χ3n) is 5.93. The summed E-state index contributed by atoms with van der Waals surface area (Å²) in [6.07, 6.45) is 4.33. The summed E-state index contributed by atoms with van der Waals surface area (Å²) < 4.78 is 10.5. The Labute approximate surface area is 209 Å². The number of likely N-dealkylation sites (N-methyl/N-ethyl adjacent to an activating group) is 1. The van der Waals surface area contributed by atoms with Crippen molar-refractivity contribution in [1.29, 1.82) is 0 Å². The van der Waals surface area contributed by atoms with E-state index in [1.165, 1.54) is 17.7 Å². The second-order valence-corrected chi connectivity index (χ2v) is 9.79. The van der Waals surface area contributed by atoms with Crippen molar-refractivity contribution in [3.8, 4) is 0 Å². The van der Waals surface area contributed by atoms with Gasteiger partial charge in [0.2, 0.25) is 0 Å². The first-order chi connectivity index (χ1) is 16.4. The van der Waals surface area contributed by atoms with Crippen LogP contribution >= 0.6 is 0 Å². The molecule has 0 saturated heterocycles. The van der Waals surface area contributed by atoms with E-state index in [0.717, 1.165) is 23.1 Å². The van der Waals surface area contributed by atoms with Crippen LogP contribution in [0.15, 0.2) is 53.9 Å². The van der Waals surface area contributed by atoms with Crippen LogP contribution in [0.2, 0.25) is 0 Å². The zero-order valence-electron chi connectivity index (χ0n) is 21.9. The van der Waals surface area contributed by atoms with E-state index in [4.69, 9.17) is 21.1 Å². The molecule has 192 valence electrons. The van der Waals surface area contributed by atoms with Crippen molar-refractivity contribution < 1.29 is 19.1 Å². The molecule has 0 saturated carbocycles. The average molecular weight is 485 g/mol. The van der Waals surface area contributed by atoms with Crippen LogP contribution in [0.3, 0.4) is 0 Å². The van der Waals surface area contributed by atoms with E-state index in [-0.39, 0.29) is 24.4 Å². The number of hydrogen-bond donors (Lipinski definition) is 2. The minimum atomic E-state index is -0.551. The Morgan fingerprint density at radius 2 is 1.94 bits per heavy atom. The quantitative estimate of drug-likeness (QED) is 0.247. The van der Waals surface area contributed by atoms with Gasteiger partial charge < -0.3 is 25.1 Å². The number of rotatable bonds is 8. The molecule has 0 aromatic heterocycles. The second kappa shape index (κ2) is 11.9. The van der Waals surface area contributed by atoms with E-state index in [2.05, 4.69) is 18.7 Å². The molecule has 4 N–H and O–H groups in total. The Balaban J connectivity index is 2.39. The third kappa shape index (κ3) is 7.89. The van der Waals surface area contributed by atoms with Gasteiger partial charge in [0.25, 0.3) is 0 Å².